The average Bonchev–Trinajstić information content (AvgIpc) is 2.84. The summed E-state index contributed by atoms with van der Waals surface area (Å²) in [6.45, 7) is 1.24. The summed E-state index contributed by atoms with van der Waals surface area (Å²) < 4.78 is 10.3. The van der Waals surface area contributed by atoms with Crippen molar-refractivity contribution in [3.05, 3.63) is 17.2 Å². The van der Waals surface area contributed by atoms with Gasteiger partial charge in [-0.1, -0.05) is 24.4 Å². The molecule has 1 fully saturated rings. The Morgan fingerprint density at radius 1 is 1.04 bits per heavy atom. The van der Waals surface area contributed by atoms with Crippen LogP contribution in [0, 0.1) is 0 Å². The Kier molecular flexibility index (Phi) is 6.10. The fourth-order valence-electron chi connectivity index (χ4n) is 2.55. The minimum absolute atomic E-state index is 0.349. The predicted molar refractivity (Wildman–Crippen MR) is 88.2 cm³/mol. The lowest BCUT2D eigenvalue weighted by molar-refractivity contribution is -0.143. The third-order valence-corrected chi connectivity index (χ3v) is 4.11. The molecule has 1 saturated heterocycles. The molecule has 2 amide bonds. The van der Waals surface area contributed by atoms with Gasteiger partial charge in [-0.15, -0.1) is 0 Å². The fourth-order valence-corrected chi connectivity index (χ4v) is 2.78. The van der Waals surface area contributed by atoms with Gasteiger partial charge < -0.3 is 19.7 Å². The van der Waals surface area contributed by atoms with Gasteiger partial charge in [0.2, 0.25) is 0 Å². The maximum Gasteiger partial charge on any atom is 0.314 e. The minimum Gasteiger partial charge on any atom is -0.495 e. The van der Waals surface area contributed by atoms with E-state index in [9.17, 15) is 9.59 Å². The van der Waals surface area contributed by atoms with Gasteiger partial charge in [0.1, 0.15) is 11.5 Å². The van der Waals surface area contributed by atoms with E-state index in [-0.39, 0.29) is 0 Å². The number of hydrogen-bond acceptors (Lipinski definition) is 4. The number of amides is 2. The zero-order valence-corrected chi connectivity index (χ0v) is 14.1. The van der Waals surface area contributed by atoms with Gasteiger partial charge in [0.15, 0.2) is 0 Å². The second kappa shape index (κ2) is 8.06. The Labute approximate surface area is 140 Å². The SMILES string of the molecule is COc1cc(NC(=O)C(=O)N2CCCCCC2)c(OC)cc1Cl. The van der Waals surface area contributed by atoms with Crippen molar-refractivity contribution in [2.45, 2.75) is 25.7 Å². The van der Waals surface area contributed by atoms with Crippen LogP contribution in [0.4, 0.5) is 5.69 Å². The van der Waals surface area contributed by atoms with Crippen LogP contribution in [-0.2, 0) is 9.59 Å². The molecule has 2 rings (SSSR count). The van der Waals surface area contributed by atoms with Crippen LogP contribution < -0.4 is 14.8 Å². The Morgan fingerprint density at radius 3 is 2.22 bits per heavy atom. The van der Waals surface area contributed by atoms with Gasteiger partial charge in [-0.05, 0) is 12.8 Å². The topological polar surface area (TPSA) is 67.9 Å². The molecule has 0 unspecified atom stereocenters. The van der Waals surface area contributed by atoms with Gasteiger partial charge in [0.05, 0.1) is 24.9 Å². The van der Waals surface area contributed by atoms with Gasteiger partial charge in [0, 0.05) is 25.2 Å². The third-order valence-electron chi connectivity index (χ3n) is 3.81. The number of halogens is 1. The lowest BCUT2D eigenvalue weighted by Crippen LogP contribution is -2.40. The van der Waals surface area contributed by atoms with Crippen LogP contribution in [0.1, 0.15) is 25.7 Å². The largest absolute Gasteiger partial charge is 0.495 e. The van der Waals surface area contributed by atoms with Crippen LogP contribution in [-0.4, -0.2) is 44.0 Å². The predicted octanol–water partition coefficient (Wildman–Crippen LogP) is 2.70. The van der Waals surface area contributed by atoms with E-state index in [1.54, 1.807) is 4.90 Å². The third kappa shape index (κ3) is 4.28. The number of anilines is 1. The maximum absolute atomic E-state index is 12.3. The van der Waals surface area contributed by atoms with Crippen molar-refractivity contribution >= 4 is 29.1 Å². The Bertz CT molecular complexity index is 584. The summed E-state index contributed by atoms with van der Waals surface area (Å²) in [6, 6.07) is 3.07. The van der Waals surface area contributed by atoms with Crippen molar-refractivity contribution in [3.63, 3.8) is 0 Å². The van der Waals surface area contributed by atoms with Crippen molar-refractivity contribution in [1.82, 2.24) is 4.90 Å². The van der Waals surface area contributed by atoms with E-state index in [2.05, 4.69) is 5.32 Å². The van der Waals surface area contributed by atoms with Crippen LogP contribution in [0.25, 0.3) is 0 Å². The summed E-state index contributed by atoms with van der Waals surface area (Å²) in [5, 5.41) is 2.95. The molecule has 1 N–H and O–H groups in total. The van der Waals surface area contributed by atoms with E-state index in [1.165, 1.54) is 26.4 Å². The van der Waals surface area contributed by atoms with Crippen LogP contribution in [0.2, 0.25) is 5.02 Å². The van der Waals surface area contributed by atoms with Gasteiger partial charge >= 0.3 is 11.8 Å². The Hall–Kier alpha value is -1.95. The van der Waals surface area contributed by atoms with E-state index in [1.807, 2.05) is 0 Å². The molecule has 1 aromatic carbocycles. The number of nitrogens with zero attached hydrogens (tertiary/aromatic N) is 1. The maximum atomic E-state index is 12.3. The molecule has 1 heterocycles. The minimum atomic E-state index is -0.686. The highest BCUT2D eigenvalue weighted by atomic mass is 35.5. The van der Waals surface area contributed by atoms with Crippen LogP contribution in [0.15, 0.2) is 12.1 Å². The number of ether oxygens (including phenoxy) is 2. The number of methoxy groups -OCH3 is 2. The molecule has 0 aliphatic carbocycles. The normalized spacial score (nSPS) is 14.8. The first-order valence-electron chi connectivity index (χ1n) is 7.58. The number of rotatable bonds is 3. The fraction of sp³-hybridized carbons (Fsp3) is 0.500. The van der Waals surface area contributed by atoms with Gasteiger partial charge in [-0.2, -0.15) is 0 Å². The lowest BCUT2D eigenvalue weighted by Gasteiger charge is -2.20. The molecule has 1 aliphatic rings. The highest BCUT2D eigenvalue weighted by molar-refractivity contribution is 6.40. The molecule has 0 aromatic heterocycles. The molecule has 7 heteroatoms. The molecule has 126 valence electrons. The molecule has 0 saturated carbocycles. The van der Waals surface area contributed by atoms with E-state index in [4.69, 9.17) is 21.1 Å². The Morgan fingerprint density at radius 2 is 1.65 bits per heavy atom. The highest BCUT2D eigenvalue weighted by Gasteiger charge is 2.24. The van der Waals surface area contributed by atoms with E-state index in [0.717, 1.165) is 25.7 Å². The molecule has 0 atom stereocenters. The summed E-state index contributed by atoms with van der Waals surface area (Å²) in [5.41, 5.74) is 0.349. The molecule has 0 radical (unpaired) electrons. The van der Waals surface area contributed by atoms with E-state index >= 15 is 0 Å². The molecule has 23 heavy (non-hydrogen) atoms. The molecule has 0 bridgehead atoms. The van der Waals surface area contributed by atoms with E-state index in [0.29, 0.717) is 35.3 Å². The van der Waals surface area contributed by atoms with E-state index < -0.39 is 11.8 Å². The summed E-state index contributed by atoms with van der Waals surface area (Å²) in [7, 11) is 2.94. The number of carbonyl (C=O) groups excluding carboxylic acids is 2. The van der Waals surface area contributed by atoms with Crippen molar-refractivity contribution in [3.8, 4) is 11.5 Å². The molecular formula is C16H21ClN2O4. The van der Waals surface area contributed by atoms with Gasteiger partial charge in [0.25, 0.3) is 0 Å². The second-order valence-electron chi connectivity index (χ2n) is 5.35. The summed E-state index contributed by atoms with van der Waals surface area (Å²) >= 11 is 6.03. The zero-order valence-electron chi connectivity index (χ0n) is 13.4. The Balaban J connectivity index is 2.13. The van der Waals surface area contributed by atoms with Crippen LogP contribution >= 0.6 is 11.6 Å². The quantitative estimate of drug-likeness (QED) is 0.859. The molecule has 1 aromatic rings. The zero-order chi connectivity index (χ0) is 16.8. The van der Waals surface area contributed by atoms with Crippen molar-refractivity contribution in [2.24, 2.45) is 0 Å². The van der Waals surface area contributed by atoms with Crippen molar-refractivity contribution in [2.75, 3.05) is 32.6 Å². The van der Waals surface area contributed by atoms with Crippen LogP contribution in [0.5, 0.6) is 11.5 Å². The van der Waals surface area contributed by atoms with Crippen LogP contribution in [0.3, 0.4) is 0 Å². The van der Waals surface area contributed by atoms with Gasteiger partial charge in [-0.25, -0.2) is 0 Å². The first-order chi connectivity index (χ1) is 11.1. The highest BCUT2D eigenvalue weighted by Crippen LogP contribution is 2.35. The first-order valence-corrected chi connectivity index (χ1v) is 7.96. The summed E-state index contributed by atoms with van der Waals surface area (Å²) in [4.78, 5) is 26.1. The van der Waals surface area contributed by atoms with Crippen molar-refractivity contribution in [1.29, 1.82) is 0 Å². The summed E-state index contributed by atoms with van der Waals surface area (Å²) in [6.07, 6.45) is 4.04. The number of carbonyl (C=O) groups is 2. The number of benzene rings is 1. The summed E-state index contributed by atoms with van der Waals surface area (Å²) in [5.74, 6) is -0.449. The molecule has 1 aliphatic heterocycles. The first kappa shape index (κ1) is 17.4. The van der Waals surface area contributed by atoms with Crippen molar-refractivity contribution < 1.29 is 19.1 Å². The number of nitrogens with one attached hydrogen (secondary N) is 1. The molecule has 0 spiro atoms. The smallest absolute Gasteiger partial charge is 0.314 e. The van der Waals surface area contributed by atoms with Gasteiger partial charge in [-0.3, -0.25) is 9.59 Å². The second-order valence-corrected chi connectivity index (χ2v) is 5.75. The number of hydrogen-bond donors (Lipinski definition) is 1. The number of likely N-dealkylation sites (tertiary alicyclic amines) is 1. The monoisotopic (exact) mass is 340 g/mol. The standard InChI is InChI=1S/C16H21ClN2O4/c1-22-13-10-12(14(23-2)9-11(13)17)18-15(20)16(21)19-7-5-3-4-6-8-19/h9-10H,3-8H2,1-2H3,(H,18,20). The lowest BCUT2D eigenvalue weighted by atomic mass is 10.2. The average molecular weight is 341 g/mol. The molecule has 6 nitrogen and oxygen atoms in total. The molecular weight excluding hydrogens is 320 g/mol.